The molecule has 0 unspecified atom stereocenters. The summed E-state index contributed by atoms with van der Waals surface area (Å²) >= 11 is 0. The number of aromatic nitrogens is 1. The first-order valence-corrected chi connectivity index (χ1v) is 5.08. The molecule has 1 heterocycles. The number of rotatable bonds is 3. The lowest BCUT2D eigenvalue weighted by atomic mass is 10.1. The molecule has 0 amide bonds. The molecular weight excluding hydrogens is 172 g/mol. The smallest absolute Gasteiger partial charge is 0.0456 e. The van der Waals surface area contributed by atoms with E-state index in [1.165, 1.54) is 22.0 Å². The SMILES string of the molecule is CCNCc1ccc2[nH]cc(C)c2c1. The highest BCUT2D eigenvalue weighted by Gasteiger charge is 2.00. The molecule has 0 saturated heterocycles. The summed E-state index contributed by atoms with van der Waals surface area (Å²) in [5, 5.41) is 4.66. The third kappa shape index (κ3) is 1.66. The van der Waals surface area contributed by atoms with E-state index in [-0.39, 0.29) is 0 Å². The average Bonchev–Trinajstić information content (AvgIpc) is 2.57. The van der Waals surface area contributed by atoms with Gasteiger partial charge >= 0.3 is 0 Å². The minimum Gasteiger partial charge on any atom is -0.361 e. The molecule has 2 aromatic rings. The van der Waals surface area contributed by atoms with Gasteiger partial charge in [0, 0.05) is 23.6 Å². The fourth-order valence-corrected chi connectivity index (χ4v) is 1.69. The van der Waals surface area contributed by atoms with Gasteiger partial charge in [-0.25, -0.2) is 0 Å². The topological polar surface area (TPSA) is 27.8 Å². The number of nitrogens with one attached hydrogen (secondary N) is 2. The maximum absolute atomic E-state index is 3.33. The van der Waals surface area contributed by atoms with E-state index in [0.717, 1.165) is 13.1 Å². The van der Waals surface area contributed by atoms with Gasteiger partial charge in [0.25, 0.3) is 0 Å². The predicted molar refractivity (Wildman–Crippen MR) is 60.4 cm³/mol. The molecule has 0 fully saturated rings. The molecule has 2 rings (SSSR count). The highest BCUT2D eigenvalue weighted by Crippen LogP contribution is 2.18. The first kappa shape index (κ1) is 9.28. The van der Waals surface area contributed by atoms with Crippen molar-refractivity contribution in [3.05, 3.63) is 35.5 Å². The summed E-state index contributed by atoms with van der Waals surface area (Å²) < 4.78 is 0. The van der Waals surface area contributed by atoms with E-state index in [2.05, 4.69) is 48.5 Å². The summed E-state index contributed by atoms with van der Waals surface area (Å²) in [6.45, 7) is 6.23. The van der Waals surface area contributed by atoms with Gasteiger partial charge in [-0.2, -0.15) is 0 Å². The monoisotopic (exact) mass is 188 g/mol. The Bertz CT molecular complexity index is 429. The molecule has 0 atom stereocenters. The van der Waals surface area contributed by atoms with Crippen molar-refractivity contribution in [2.24, 2.45) is 0 Å². The van der Waals surface area contributed by atoms with Gasteiger partial charge in [-0.3, -0.25) is 0 Å². The molecular formula is C12H16N2. The highest BCUT2D eigenvalue weighted by atomic mass is 14.8. The third-order valence-electron chi connectivity index (χ3n) is 2.53. The maximum Gasteiger partial charge on any atom is 0.0456 e. The van der Waals surface area contributed by atoms with Crippen LogP contribution in [0.3, 0.4) is 0 Å². The molecule has 0 aliphatic heterocycles. The van der Waals surface area contributed by atoms with Crippen LogP contribution in [0.25, 0.3) is 10.9 Å². The first-order chi connectivity index (χ1) is 6.81. The Morgan fingerprint density at radius 1 is 1.36 bits per heavy atom. The lowest BCUT2D eigenvalue weighted by Gasteiger charge is -2.02. The van der Waals surface area contributed by atoms with Gasteiger partial charge in [0.05, 0.1) is 0 Å². The van der Waals surface area contributed by atoms with E-state index < -0.39 is 0 Å². The molecule has 0 aliphatic rings. The van der Waals surface area contributed by atoms with Gasteiger partial charge in [0.15, 0.2) is 0 Å². The zero-order valence-corrected chi connectivity index (χ0v) is 8.72. The van der Waals surface area contributed by atoms with Crippen LogP contribution in [0, 0.1) is 6.92 Å². The van der Waals surface area contributed by atoms with Gasteiger partial charge in [0.1, 0.15) is 0 Å². The van der Waals surface area contributed by atoms with Crippen LogP contribution in [0.4, 0.5) is 0 Å². The molecule has 0 spiro atoms. The number of hydrogen-bond acceptors (Lipinski definition) is 1. The summed E-state index contributed by atoms with van der Waals surface area (Å²) in [7, 11) is 0. The van der Waals surface area contributed by atoms with E-state index in [1.54, 1.807) is 0 Å². The molecule has 0 saturated carbocycles. The minimum atomic E-state index is 0.955. The van der Waals surface area contributed by atoms with Crippen LogP contribution in [0.15, 0.2) is 24.4 Å². The molecule has 14 heavy (non-hydrogen) atoms. The first-order valence-electron chi connectivity index (χ1n) is 5.08. The van der Waals surface area contributed by atoms with Crippen molar-refractivity contribution < 1.29 is 0 Å². The summed E-state index contributed by atoms with van der Waals surface area (Å²) in [4.78, 5) is 3.25. The fraction of sp³-hybridized carbons (Fsp3) is 0.333. The normalized spacial score (nSPS) is 11.0. The molecule has 1 aromatic carbocycles. The lowest BCUT2D eigenvalue weighted by Crippen LogP contribution is -2.11. The average molecular weight is 188 g/mol. The molecule has 2 heteroatoms. The van der Waals surface area contributed by atoms with E-state index in [4.69, 9.17) is 0 Å². The minimum absolute atomic E-state index is 0.955. The summed E-state index contributed by atoms with van der Waals surface area (Å²) in [5.41, 5.74) is 3.89. The van der Waals surface area contributed by atoms with Gasteiger partial charge in [-0.15, -0.1) is 0 Å². The van der Waals surface area contributed by atoms with E-state index in [0.29, 0.717) is 0 Å². The van der Waals surface area contributed by atoms with Gasteiger partial charge in [-0.05, 0) is 36.7 Å². The Labute approximate surface area is 84.3 Å². The summed E-state index contributed by atoms with van der Waals surface area (Å²) in [5.74, 6) is 0. The molecule has 2 nitrogen and oxygen atoms in total. The van der Waals surface area contributed by atoms with Crippen molar-refractivity contribution >= 4 is 10.9 Å². The molecule has 0 bridgehead atoms. The van der Waals surface area contributed by atoms with Gasteiger partial charge < -0.3 is 10.3 Å². The summed E-state index contributed by atoms with van der Waals surface area (Å²) in [6.07, 6.45) is 2.06. The second-order valence-electron chi connectivity index (χ2n) is 3.63. The zero-order chi connectivity index (χ0) is 9.97. The number of aryl methyl sites for hydroxylation is 1. The number of benzene rings is 1. The van der Waals surface area contributed by atoms with Crippen molar-refractivity contribution in [2.45, 2.75) is 20.4 Å². The van der Waals surface area contributed by atoms with Gasteiger partial charge in [0.2, 0.25) is 0 Å². The van der Waals surface area contributed by atoms with Crippen LogP contribution in [0.2, 0.25) is 0 Å². The number of aromatic amines is 1. The van der Waals surface area contributed by atoms with Crippen LogP contribution >= 0.6 is 0 Å². The number of fused-ring (bicyclic) bond motifs is 1. The van der Waals surface area contributed by atoms with Crippen LogP contribution in [0.1, 0.15) is 18.1 Å². The van der Waals surface area contributed by atoms with Crippen LogP contribution in [-0.2, 0) is 6.54 Å². The van der Waals surface area contributed by atoms with Crippen molar-refractivity contribution in [1.29, 1.82) is 0 Å². The van der Waals surface area contributed by atoms with E-state index in [9.17, 15) is 0 Å². The maximum atomic E-state index is 3.33. The second-order valence-corrected chi connectivity index (χ2v) is 3.63. The molecule has 1 aromatic heterocycles. The largest absolute Gasteiger partial charge is 0.361 e. The Morgan fingerprint density at radius 3 is 3.00 bits per heavy atom. The van der Waals surface area contributed by atoms with Crippen molar-refractivity contribution in [2.75, 3.05) is 6.54 Å². The van der Waals surface area contributed by atoms with Crippen molar-refractivity contribution in [3.8, 4) is 0 Å². The molecule has 0 radical (unpaired) electrons. The van der Waals surface area contributed by atoms with Crippen LogP contribution in [0.5, 0.6) is 0 Å². The zero-order valence-electron chi connectivity index (χ0n) is 8.72. The molecule has 2 N–H and O–H groups in total. The Morgan fingerprint density at radius 2 is 2.21 bits per heavy atom. The second kappa shape index (κ2) is 3.84. The molecule has 0 aliphatic carbocycles. The Balaban J connectivity index is 2.34. The standard InChI is InChI=1S/C12H16N2/c1-3-13-8-10-4-5-12-11(6-10)9(2)7-14-12/h4-7,13-14H,3,8H2,1-2H3. The third-order valence-corrected chi connectivity index (χ3v) is 2.53. The van der Waals surface area contributed by atoms with Crippen LogP contribution < -0.4 is 5.32 Å². The highest BCUT2D eigenvalue weighted by molar-refractivity contribution is 5.83. The predicted octanol–water partition coefficient (Wildman–Crippen LogP) is 2.59. The number of hydrogen-bond donors (Lipinski definition) is 2. The Hall–Kier alpha value is -1.28. The van der Waals surface area contributed by atoms with E-state index in [1.807, 2.05) is 0 Å². The number of H-pyrrole nitrogens is 1. The van der Waals surface area contributed by atoms with E-state index >= 15 is 0 Å². The fourth-order valence-electron chi connectivity index (χ4n) is 1.69. The van der Waals surface area contributed by atoms with Crippen molar-refractivity contribution in [1.82, 2.24) is 10.3 Å². The van der Waals surface area contributed by atoms with Crippen LogP contribution in [-0.4, -0.2) is 11.5 Å². The Kier molecular flexibility index (Phi) is 2.55. The quantitative estimate of drug-likeness (QED) is 0.761. The summed E-state index contributed by atoms with van der Waals surface area (Å²) in [6, 6.07) is 6.57. The lowest BCUT2D eigenvalue weighted by molar-refractivity contribution is 0.727. The van der Waals surface area contributed by atoms with Gasteiger partial charge in [-0.1, -0.05) is 13.0 Å². The molecule has 74 valence electrons. The van der Waals surface area contributed by atoms with Crippen molar-refractivity contribution in [3.63, 3.8) is 0 Å².